The SMILES string of the molecule is CN(CCCO)Cc1ccc2nc[nH]c2c1. The molecule has 0 aliphatic heterocycles. The fraction of sp³-hybridized carbons (Fsp3) is 0.417. The van der Waals surface area contributed by atoms with Gasteiger partial charge >= 0.3 is 0 Å². The van der Waals surface area contributed by atoms with Crippen LogP contribution >= 0.6 is 0 Å². The highest BCUT2D eigenvalue weighted by Crippen LogP contribution is 2.12. The molecule has 0 spiro atoms. The lowest BCUT2D eigenvalue weighted by Gasteiger charge is -2.15. The molecule has 4 nitrogen and oxygen atoms in total. The summed E-state index contributed by atoms with van der Waals surface area (Å²) >= 11 is 0. The van der Waals surface area contributed by atoms with Crippen LogP contribution in [-0.4, -0.2) is 40.2 Å². The van der Waals surface area contributed by atoms with Crippen molar-refractivity contribution in [3.63, 3.8) is 0 Å². The van der Waals surface area contributed by atoms with Crippen LogP contribution in [0.2, 0.25) is 0 Å². The number of hydrogen-bond donors (Lipinski definition) is 2. The van der Waals surface area contributed by atoms with E-state index >= 15 is 0 Å². The van der Waals surface area contributed by atoms with Gasteiger partial charge in [0.2, 0.25) is 0 Å². The average molecular weight is 219 g/mol. The van der Waals surface area contributed by atoms with Gasteiger partial charge in [0.05, 0.1) is 17.4 Å². The number of fused-ring (bicyclic) bond motifs is 1. The predicted molar refractivity (Wildman–Crippen MR) is 64.1 cm³/mol. The second kappa shape index (κ2) is 5.09. The van der Waals surface area contributed by atoms with Crippen LogP contribution < -0.4 is 0 Å². The van der Waals surface area contributed by atoms with Crippen LogP contribution in [0.3, 0.4) is 0 Å². The maximum Gasteiger partial charge on any atom is 0.0931 e. The Hall–Kier alpha value is -1.39. The van der Waals surface area contributed by atoms with E-state index in [0.29, 0.717) is 0 Å². The van der Waals surface area contributed by atoms with Crippen LogP contribution in [0.4, 0.5) is 0 Å². The maximum atomic E-state index is 8.75. The summed E-state index contributed by atoms with van der Waals surface area (Å²) in [5.41, 5.74) is 3.34. The van der Waals surface area contributed by atoms with Crippen molar-refractivity contribution in [2.45, 2.75) is 13.0 Å². The summed E-state index contributed by atoms with van der Waals surface area (Å²) in [6.45, 7) is 2.07. The van der Waals surface area contributed by atoms with E-state index in [1.54, 1.807) is 6.33 Å². The molecule has 1 heterocycles. The van der Waals surface area contributed by atoms with Crippen LogP contribution in [-0.2, 0) is 6.54 Å². The molecular weight excluding hydrogens is 202 g/mol. The molecule has 0 unspecified atom stereocenters. The van der Waals surface area contributed by atoms with Gasteiger partial charge in [-0.3, -0.25) is 0 Å². The first-order valence-corrected chi connectivity index (χ1v) is 5.51. The lowest BCUT2D eigenvalue weighted by atomic mass is 10.2. The van der Waals surface area contributed by atoms with E-state index in [-0.39, 0.29) is 6.61 Å². The number of rotatable bonds is 5. The fourth-order valence-electron chi connectivity index (χ4n) is 1.81. The van der Waals surface area contributed by atoms with Gasteiger partial charge in [0.1, 0.15) is 0 Å². The van der Waals surface area contributed by atoms with E-state index in [9.17, 15) is 0 Å². The number of benzene rings is 1. The van der Waals surface area contributed by atoms with Crippen molar-refractivity contribution in [2.75, 3.05) is 20.2 Å². The first-order valence-electron chi connectivity index (χ1n) is 5.51. The van der Waals surface area contributed by atoms with Gasteiger partial charge in [-0.15, -0.1) is 0 Å². The van der Waals surface area contributed by atoms with Crippen molar-refractivity contribution in [2.24, 2.45) is 0 Å². The van der Waals surface area contributed by atoms with Crippen molar-refractivity contribution in [1.82, 2.24) is 14.9 Å². The van der Waals surface area contributed by atoms with Gasteiger partial charge in [0, 0.05) is 19.7 Å². The summed E-state index contributed by atoms with van der Waals surface area (Å²) in [4.78, 5) is 9.50. The molecule has 1 aromatic carbocycles. The topological polar surface area (TPSA) is 52.1 Å². The molecule has 0 saturated carbocycles. The molecule has 2 rings (SSSR count). The van der Waals surface area contributed by atoms with Crippen LogP contribution in [0.15, 0.2) is 24.5 Å². The maximum absolute atomic E-state index is 8.75. The second-order valence-corrected chi connectivity index (χ2v) is 4.07. The largest absolute Gasteiger partial charge is 0.396 e. The van der Waals surface area contributed by atoms with Gasteiger partial charge in [-0.2, -0.15) is 0 Å². The molecule has 0 atom stereocenters. The third-order valence-corrected chi connectivity index (χ3v) is 2.64. The van der Waals surface area contributed by atoms with Gasteiger partial charge in [0.25, 0.3) is 0 Å². The number of aliphatic hydroxyl groups excluding tert-OH is 1. The molecule has 86 valence electrons. The molecule has 0 fully saturated rings. The van der Waals surface area contributed by atoms with E-state index in [0.717, 1.165) is 30.5 Å². The number of hydrogen-bond acceptors (Lipinski definition) is 3. The fourth-order valence-corrected chi connectivity index (χ4v) is 1.81. The standard InChI is InChI=1S/C12H17N3O/c1-15(5-2-6-16)8-10-3-4-11-12(7-10)14-9-13-11/h3-4,7,9,16H,2,5-6,8H2,1H3,(H,13,14). The highest BCUT2D eigenvalue weighted by molar-refractivity contribution is 5.74. The van der Waals surface area contributed by atoms with Crippen molar-refractivity contribution in [3.8, 4) is 0 Å². The highest BCUT2D eigenvalue weighted by Gasteiger charge is 2.02. The minimum absolute atomic E-state index is 0.254. The molecule has 1 aromatic heterocycles. The van der Waals surface area contributed by atoms with Crippen molar-refractivity contribution < 1.29 is 5.11 Å². The summed E-state index contributed by atoms with van der Waals surface area (Å²) in [5.74, 6) is 0. The van der Waals surface area contributed by atoms with Crippen LogP contribution in [0.5, 0.6) is 0 Å². The molecule has 4 heteroatoms. The Bertz CT molecular complexity index is 452. The van der Waals surface area contributed by atoms with E-state index in [1.807, 2.05) is 6.07 Å². The Kier molecular flexibility index (Phi) is 3.54. The Balaban J connectivity index is 2.03. The lowest BCUT2D eigenvalue weighted by molar-refractivity contribution is 0.244. The molecular formula is C12H17N3O. The Labute approximate surface area is 94.9 Å². The van der Waals surface area contributed by atoms with Crippen LogP contribution in [0.1, 0.15) is 12.0 Å². The highest BCUT2D eigenvalue weighted by atomic mass is 16.3. The predicted octanol–water partition coefficient (Wildman–Crippen LogP) is 1.38. The van der Waals surface area contributed by atoms with Gasteiger partial charge < -0.3 is 15.0 Å². The molecule has 16 heavy (non-hydrogen) atoms. The van der Waals surface area contributed by atoms with Gasteiger partial charge in [-0.05, 0) is 31.2 Å². The number of H-pyrrole nitrogens is 1. The summed E-state index contributed by atoms with van der Waals surface area (Å²) in [5, 5.41) is 8.75. The van der Waals surface area contributed by atoms with E-state index in [2.05, 4.69) is 34.0 Å². The third-order valence-electron chi connectivity index (χ3n) is 2.64. The molecule has 0 aliphatic rings. The molecule has 0 aliphatic carbocycles. The third kappa shape index (κ3) is 2.59. The Morgan fingerprint density at radius 2 is 2.31 bits per heavy atom. The van der Waals surface area contributed by atoms with Gasteiger partial charge in [-0.25, -0.2) is 4.98 Å². The molecule has 0 amide bonds. The van der Waals surface area contributed by atoms with Gasteiger partial charge in [-0.1, -0.05) is 6.07 Å². The number of aromatic amines is 1. The molecule has 0 saturated heterocycles. The number of aliphatic hydroxyl groups is 1. The summed E-state index contributed by atoms with van der Waals surface area (Å²) < 4.78 is 0. The number of nitrogens with zero attached hydrogens (tertiary/aromatic N) is 2. The van der Waals surface area contributed by atoms with E-state index in [1.165, 1.54) is 5.56 Å². The number of nitrogens with one attached hydrogen (secondary N) is 1. The molecule has 2 N–H and O–H groups in total. The van der Waals surface area contributed by atoms with Crippen LogP contribution in [0, 0.1) is 0 Å². The summed E-state index contributed by atoms with van der Waals surface area (Å²) in [6.07, 6.45) is 2.53. The zero-order valence-corrected chi connectivity index (χ0v) is 9.48. The summed E-state index contributed by atoms with van der Waals surface area (Å²) in [7, 11) is 2.06. The smallest absolute Gasteiger partial charge is 0.0931 e. The van der Waals surface area contributed by atoms with Crippen molar-refractivity contribution in [3.05, 3.63) is 30.1 Å². The van der Waals surface area contributed by atoms with E-state index in [4.69, 9.17) is 5.11 Å². The van der Waals surface area contributed by atoms with Crippen LogP contribution in [0.25, 0.3) is 11.0 Å². The Morgan fingerprint density at radius 3 is 3.12 bits per heavy atom. The monoisotopic (exact) mass is 219 g/mol. The minimum Gasteiger partial charge on any atom is -0.396 e. The quantitative estimate of drug-likeness (QED) is 0.798. The first-order chi connectivity index (χ1) is 7.79. The molecule has 0 radical (unpaired) electrons. The average Bonchev–Trinajstić information content (AvgIpc) is 2.73. The second-order valence-electron chi connectivity index (χ2n) is 4.07. The summed E-state index contributed by atoms with van der Waals surface area (Å²) in [6, 6.07) is 6.25. The molecule has 2 aromatic rings. The number of aromatic nitrogens is 2. The number of imidazole rings is 1. The van der Waals surface area contributed by atoms with E-state index < -0.39 is 0 Å². The van der Waals surface area contributed by atoms with Crippen molar-refractivity contribution in [1.29, 1.82) is 0 Å². The molecule has 0 bridgehead atoms. The zero-order chi connectivity index (χ0) is 11.4. The van der Waals surface area contributed by atoms with Crippen molar-refractivity contribution >= 4 is 11.0 Å². The zero-order valence-electron chi connectivity index (χ0n) is 9.48. The minimum atomic E-state index is 0.254. The Morgan fingerprint density at radius 1 is 1.44 bits per heavy atom. The lowest BCUT2D eigenvalue weighted by Crippen LogP contribution is -2.19. The first kappa shape index (κ1) is 11.1. The normalized spacial score (nSPS) is 11.4. The van der Waals surface area contributed by atoms with Gasteiger partial charge in [0.15, 0.2) is 0 Å².